The molecule has 4 unspecified atom stereocenters. The summed E-state index contributed by atoms with van der Waals surface area (Å²) in [5, 5.41) is 31.1. The van der Waals surface area contributed by atoms with Crippen LogP contribution in [-0.2, 0) is 32.9 Å². The number of hydrogen-bond acceptors (Lipinski definition) is 31. The molecule has 15 rings (SSSR count). The molecule has 2 bridgehead atoms. The van der Waals surface area contributed by atoms with Gasteiger partial charge in [0.05, 0.1) is 103 Å². The number of amides is 2. The van der Waals surface area contributed by atoms with Gasteiger partial charge < -0.3 is 101 Å². The first-order valence-electron chi connectivity index (χ1n) is 44.7. The van der Waals surface area contributed by atoms with E-state index in [1.807, 2.05) is 63.2 Å². The second-order valence-electron chi connectivity index (χ2n) is 36.0. The Labute approximate surface area is 811 Å². The van der Waals surface area contributed by atoms with Crippen LogP contribution in [0.2, 0.25) is 10.0 Å². The Morgan fingerprint density at radius 2 is 0.912 bits per heavy atom. The number of piperidine rings is 1. The van der Waals surface area contributed by atoms with Gasteiger partial charge in [-0.25, -0.2) is 32.7 Å². The molecular formula is C96H122Cl2FN21O12P4S. The van der Waals surface area contributed by atoms with E-state index in [9.17, 15) is 40.7 Å². The van der Waals surface area contributed by atoms with E-state index in [-0.39, 0.29) is 52.4 Å². The van der Waals surface area contributed by atoms with Gasteiger partial charge in [0.15, 0.2) is 33.1 Å². The molecule has 7 aromatic carbocycles. The molecule has 0 spiro atoms. The van der Waals surface area contributed by atoms with E-state index in [0.29, 0.717) is 131 Å². The number of fused-ring (bicyclic) bond motifs is 2. The molecule has 4 atom stereocenters. The summed E-state index contributed by atoms with van der Waals surface area (Å²) in [5.74, 6) is 3.99. The Bertz CT molecular complexity index is 6480. The smallest absolute Gasteiger partial charge is 0.253 e. The highest BCUT2D eigenvalue weighted by molar-refractivity contribution is 7.92. The standard InChI is InChI=1S/C30H41FN7O3P.C23H27ClN5O3P.C22H27N4O3PS.C21H27ClN5O3P/c1-36-14-16-38(17-15-36)21-10-12-37(13-11-21)22-6-8-26(27(18-22)40-2)34-30-32-20-24(31)29(35-30)33-25-9-7-23(42(4,5)39)19-28(25)41-3;1-14(2)26-22(30)16-8-6-7-9-18(16)27-21-17(24)13-25-23(29-21)28-19-11-10-15(33(4,5)31)12-20(19)32-3;1-15(2)31(28,29)20-9-7-6-8-19(20)25-21-16(3)14-23-22(26-21)24-17-10-12-18(13-11-17)30(4,5)27;1-30-16-9-13(31(2,3)29)6-7-15(16)25-21-24-10-14(22)20(27-21)26-18-12-5-4-11(8-12)17(18)19(23)28/h6-9,18-21H,10-17H2,1-5H3,(H2,32,33,34,35);6-14H,1-5H3,(H,26,30)(H2,25,27,28,29);6-15H,1-5H3,(H2,23,24,25,26);6-7,9-12,17-18H,4-5,8H2,1-3H3,(H2,23,28)(H2,24,25,26,27). The first kappa shape index (κ1) is 104. The van der Waals surface area contributed by atoms with Crippen LogP contribution < -0.4 is 98.7 Å². The fourth-order valence-electron chi connectivity index (χ4n) is 16.2. The number of aromatic nitrogens is 8. The summed E-state index contributed by atoms with van der Waals surface area (Å²) in [5.41, 5.74) is 12.2. The zero-order chi connectivity index (χ0) is 99.2. The molecule has 4 aliphatic rings. The number of hydrogen-bond donors (Lipinski definition) is 10. The van der Waals surface area contributed by atoms with Crippen LogP contribution in [-0.4, -0.2) is 221 Å². The second kappa shape index (κ2) is 45.4. The molecule has 2 saturated carbocycles. The molecule has 137 heavy (non-hydrogen) atoms. The van der Waals surface area contributed by atoms with Crippen LogP contribution in [0.4, 0.5) is 97.0 Å². The average molecular weight is 2010 g/mol. The molecule has 11 aromatic rings. The minimum Gasteiger partial charge on any atom is -0.495 e. The molecule has 33 nitrogen and oxygen atoms in total. The van der Waals surface area contributed by atoms with E-state index < -0.39 is 49.5 Å². The highest BCUT2D eigenvalue weighted by Gasteiger charge is 2.50. The van der Waals surface area contributed by atoms with Gasteiger partial charge in [-0.3, -0.25) is 14.5 Å². The van der Waals surface area contributed by atoms with Crippen molar-refractivity contribution in [3.8, 4) is 23.0 Å². The number of nitrogens with one attached hydrogen (secondary N) is 9. The summed E-state index contributed by atoms with van der Waals surface area (Å²) in [4.78, 5) is 67.1. The predicted octanol–water partition coefficient (Wildman–Crippen LogP) is 17.7. The number of nitrogens with zero attached hydrogens (tertiary/aromatic N) is 11. The Morgan fingerprint density at radius 1 is 0.482 bits per heavy atom. The van der Waals surface area contributed by atoms with Crippen LogP contribution in [0, 0.1) is 30.5 Å². The number of piperazine rings is 1. The molecule has 41 heteroatoms. The molecule has 2 saturated heterocycles. The number of methoxy groups -OCH3 is 4. The van der Waals surface area contributed by atoms with E-state index in [0.717, 1.165) is 105 Å². The first-order valence-corrected chi connectivity index (χ1v) is 57.4. The fourth-order valence-corrected chi connectivity index (χ4v) is 21.2. The molecular weight excluding hydrogens is 1890 g/mol. The van der Waals surface area contributed by atoms with E-state index >= 15 is 0 Å². The quantitative estimate of drug-likeness (QED) is 0.0180. The highest BCUT2D eigenvalue weighted by Crippen LogP contribution is 2.51. The van der Waals surface area contributed by atoms with E-state index in [2.05, 4.69) is 116 Å². The number of ether oxygens (including phenoxy) is 4. The third kappa shape index (κ3) is 27.3. The summed E-state index contributed by atoms with van der Waals surface area (Å²) in [7, 11) is -4.69. The molecule has 730 valence electrons. The lowest BCUT2D eigenvalue weighted by atomic mass is 9.84. The number of benzene rings is 7. The Balaban J connectivity index is 0.000000165. The zero-order valence-electron chi connectivity index (χ0n) is 80.2. The summed E-state index contributed by atoms with van der Waals surface area (Å²) in [6, 6.07) is 43.6. The third-order valence-corrected chi connectivity index (χ3v) is 32.8. The van der Waals surface area contributed by atoms with Crippen molar-refractivity contribution in [2.24, 2.45) is 23.5 Å². The largest absolute Gasteiger partial charge is 0.495 e. The van der Waals surface area contributed by atoms with Gasteiger partial charge in [-0.05, 0) is 254 Å². The fraction of sp³-hybridized carbons (Fsp3) is 0.375. The maximum absolute atomic E-state index is 14.7. The van der Waals surface area contributed by atoms with E-state index in [1.54, 1.807) is 185 Å². The van der Waals surface area contributed by atoms with Gasteiger partial charge in [0.25, 0.3) is 5.91 Å². The average Bonchev–Trinajstić information content (AvgIpc) is 1.61. The lowest BCUT2D eigenvalue weighted by Gasteiger charge is -2.42. The van der Waals surface area contributed by atoms with Crippen LogP contribution in [0.3, 0.4) is 0 Å². The van der Waals surface area contributed by atoms with Gasteiger partial charge in [-0.15, -0.1) is 0 Å². The normalized spacial score (nSPS) is 16.3. The number of carbonyl (C=O) groups excluding carboxylic acids is 2. The monoisotopic (exact) mass is 2010 g/mol. The summed E-state index contributed by atoms with van der Waals surface area (Å²) in [6.07, 6.45) is 11.2. The molecule has 2 aliphatic heterocycles. The molecule has 2 aliphatic carbocycles. The van der Waals surface area contributed by atoms with Crippen molar-refractivity contribution >= 4 is 187 Å². The van der Waals surface area contributed by atoms with Crippen LogP contribution in [0.15, 0.2) is 175 Å². The van der Waals surface area contributed by atoms with Crippen molar-refractivity contribution in [3.05, 3.63) is 197 Å². The van der Waals surface area contributed by atoms with Gasteiger partial charge >= 0.3 is 0 Å². The van der Waals surface area contributed by atoms with Crippen LogP contribution in [0.25, 0.3) is 0 Å². The molecule has 6 heterocycles. The lowest BCUT2D eigenvalue weighted by molar-refractivity contribution is -0.123. The van der Waals surface area contributed by atoms with E-state index in [4.69, 9.17) is 47.9 Å². The van der Waals surface area contributed by atoms with E-state index in [1.165, 1.54) is 26.6 Å². The number of rotatable bonds is 31. The summed E-state index contributed by atoms with van der Waals surface area (Å²) in [6.45, 7) is 29.2. The SMILES string of the molecule is COc1cc(N2CCC(N3CCN(C)CC3)CC2)ccc1Nc1ncc(F)c(Nc2ccc(P(C)(C)=O)cc2OC)n1.COc1cc(P(C)(C)=O)ccc1Nc1ncc(Cl)c(NC2C3CCC(C3)C2C(N)=O)n1.COc1cc(P(C)(C)=O)ccc1Nc1ncc(Cl)c(Nc2ccccc2C(=O)NC(C)C)n1.Cc1cnc(Nc2ccc(P(C)(C)=O)cc2)nc1Nc1ccccc1S(=O)(=O)C(C)C. The maximum Gasteiger partial charge on any atom is 0.253 e. The van der Waals surface area contributed by atoms with Crippen LogP contribution in [0.5, 0.6) is 23.0 Å². The predicted molar refractivity (Wildman–Crippen MR) is 554 cm³/mol. The van der Waals surface area contributed by atoms with Crippen molar-refractivity contribution in [1.29, 1.82) is 0 Å². The number of aryl methyl sites for hydroxylation is 1. The third-order valence-electron chi connectivity index (χ3n) is 23.9. The van der Waals surface area contributed by atoms with Crippen molar-refractivity contribution in [3.63, 3.8) is 0 Å². The molecule has 11 N–H and O–H groups in total. The summed E-state index contributed by atoms with van der Waals surface area (Å²) >= 11 is 12.7. The minimum atomic E-state index is -3.46. The number of likely N-dealkylation sites (N-methyl/N-ethyl adjacent to an activating group) is 1. The van der Waals surface area contributed by atoms with Gasteiger partial charge in [0.2, 0.25) is 29.7 Å². The number of nitrogens with two attached hydrogens (primary N) is 1. The number of anilines is 16. The molecule has 4 aromatic heterocycles. The van der Waals surface area contributed by atoms with Gasteiger partial charge in [-0.1, -0.05) is 47.5 Å². The number of sulfone groups is 1. The first-order chi connectivity index (χ1) is 64.9. The van der Waals surface area contributed by atoms with Crippen LogP contribution in [0.1, 0.15) is 75.7 Å². The topological polar surface area (TPSA) is 421 Å². The Hall–Kier alpha value is -11.5. The summed E-state index contributed by atoms with van der Waals surface area (Å²) < 4.78 is 112. The number of para-hydroxylation sites is 2. The highest BCUT2D eigenvalue weighted by atomic mass is 35.5. The maximum atomic E-state index is 14.7. The van der Waals surface area contributed by atoms with Crippen molar-refractivity contribution in [2.75, 3.05) is 176 Å². The van der Waals surface area contributed by atoms with Crippen LogP contribution >= 0.6 is 51.8 Å². The van der Waals surface area contributed by atoms with Gasteiger partial charge in [0, 0.05) is 108 Å². The Kier molecular flexibility index (Phi) is 34.6. The van der Waals surface area contributed by atoms with Crippen molar-refractivity contribution in [1.82, 2.24) is 55.0 Å². The zero-order valence-corrected chi connectivity index (χ0v) is 86.1. The van der Waals surface area contributed by atoms with Crippen molar-refractivity contribution in [2.45, 2.75) is 95.0 Å². The Morgan fingerprint density at radius 3 is 1.43 bits per heavy atom. The number of carbonyl (C=O) groups is 2. The van der Waals surface area contributed by atoms with Gasteiger partial charge in [-0.2, -0.15) is 19.9 Å². The number of primary amides is 1. The second-order valence-corrected chi connectivity index (χ2v) is 52.2. The lowest BCUT2D eigenvalue weighted by Crippen LogP contribution is -2.52. The number of halogens is 3. The molecule has 0 radical (unpaired) electrons. The molecule has 4 fully saturated rings. The van der Waals surface area contributed by atoms with Crippen molar-refractivity contribution < 1.29 is 59.6 Å². The minimum absolute atomic E-state index is 0.000288. The molecule has 2 amide bonds. The van der Waals surface area contributed by atoms with Gasteiger partial charge in [0.1, 0.15) is 67.4 Å².